The molecule has 0 radical (unpaired) electrons. The fourth-order valence-corrected chi connectivity index (χ4v) is 3.81. The number of halogens is 1. The summed E-state index contributed by atoms with van der Waals surface area (Å²) in [4.78, 5) is 15.1. The van der Waals surface area contributed by atoms with Crippen molar-refractivity contribution < 1.29 is 33.0 Å². The number of aliphatic carboxylic acids is 1. The van der Waals surface area contributed by atoms with E-state index >= 15 is 0 Å². The van der Waals surface area contributed by atoms with E-state index in [1.54, 1.807) is 13.0 Å². The zero-order chi connectivity index (χ0) is 23.4. The van der Waals surface area contributed by atoms with E-state index in [2.05, 4.69) is 10.1 Å². The van der Waals surface area contributed by atoms with Gasteiger partial charge >= 0.3 is 5.97 Å². The number of carbonyl (C=O) groups is 1. The molecule has 8 nitrogen and oxygen atoms in total. The van der Waals surface area contributed by atoms with E-state index in [1.165, 1.54) is 13.2 Å². The molecule has 0 amide bonds. The summed E-state index contributed by atoms with van der Waals surface area (Å²) >= 11 is 0. The van der Waals surface area contributed by atoms with Crippen LogP contribution in [0.4, 0.5) is 4.39 Å². The molecule has 0 spiro atoms. The molecule has 0 bridgehead atoms. The summed E-state index contributed by atoms with van der Waals surface area (Å²) in [5.41, 5.74) is 1.43. The molecule has 1 aliphatic rings. The van der Waals surface area contributed by atoms with Crippen molar-refractivity contribution in [3.8, 4) is 28.7 Å². The molecule has 1 saturated carbocycles. The standard InChI is InChI=1S/C24H25FN2O6.H2S/c1-3-31-24-20(27-33-23(24)18-10-21(30-2)26-12-19(18)25)13-32-16-6-4-5-15(9-16)17(11-22(28)29)14-7-8-14;/h4-6,9-10,12,14,17H,3,7-8,11,13H2,1-2H3,(H,28,29);1H2/t17-;/m0./s1. The van der Waals surface area contributed by atoms with Gasteiger partial charge < -0.3 is 23.8 Å². The molecule has 34 heavy (non-hydrogen) atoms. The lowest BCUT2D eigenvalue weighted by atomic mass is 9.91. The largest absolute Gasteiger partial charge is 0.488 e. The first-order valence-electron chi connectivity index (χ1n) is 10.8. The van der Waals surface area contributed by atoms with Gasteiger partial charge in [0.2, 0.25) is 11.6 Å². The third kappa shape index (κ3) is 5.80. The summed E-state index contributed by atoms with van der Waals surface area (Å²) in [6.45, 7) is 2.15. The molecule has 1 fully saturated rings. The SMILES string of the molecule is CCOc1c(COc2cccc([C@@H](CC(=O)O)C3CC3)c2)noc1-c1cc(OC)ncc1F.S. The quantitative estimate of drug-likeness (QED) is 0.403. The second-order valence-corrected chi connectivity index (χ2v) is 7.83. The van der Waals surface area contributed by atoms with E-state index < -0.39 is 11.8 Å². The number of methoxy groups -OCH3 is 1. The van der Waals surface area contributed by atoms with Crippen LogP contribution in [0.25, 0.3) is 11.3 Å². The zero-order valence-electron chi connectivity index (χ0n) is 18.9. The Bertz CT molecular complexity index is 1130. The van der Waals surface area contributed by atoms with Gasteiger partial charge in [-0.15, -0.1) is 0 Å². The fourth-order valence-electron chi connectivity index (χ4n) is 3.81. The van der Waals surface area contributed by atoms with E-state index in [0.29, 0.717) is 24.0 Å². The van der Waals surface area contributed by atoms with Crippen LogP contribution in [-0.4, -0.2) is 34.9 Å². The topological polar surface area (TPSA) is 104 Å². The number of carboxylic acid groups (broad SMARTS) is 1. The molecule has 1 aromatic carbocycles. The Morgan fingerprint density at radius 3 is 2.76 bits per heavy atom. The Morgan fingerprint density at radius 1 is 1.29 bits per heavy atom. The Labute approximate surface area is 203 Å². The van der Waals surface area contributed by atoms with Crippen molar-refractivity contribution in [2.75, 3.05) is 13.7 Å². The molecular formula is C24H27FN2O6S. The maximum Gasteiger partial charge on any atom is 0.303 e. The van der Waals surface area contributed by atoms with E-state index in [-0.39, 0.29) is 55.4 Å². The molecule has 10 heteroatoms. The van der Waals surface area contributed by atoms with Gasteiger partial charge in [0.25, 0.3) is 0 Å². The van der Waals surface area contributed by atoms with Gasteiger partial charge in [-0.2, -0.15) is 13.5 Å². The highest BCUT2D eigenvalue weighted by atomic mass is 32.1. The Morgan fingerprint density at radius 2 is 2.09 bits per heavy atom. The van der Waals surface area contributed by atoms with Gasteiger partial charge in [-0.25, -0.2) is 9.37 Å². The summed E-state index contributed by atoms with van der Waals surface area (Å²) in [5, 5.41) is 13.3. The Hall–Kier alpha value is -3.27. The minimum atomic E-state index is -0.810. The number of hydrogen-bond donors (Lipinski definition) is 1. The van der Waals surface area contributed by atoms with Crippen LogP contribution >= 0.6 is 13.5 Å². The number of ether oxygens (including phenoxy) is 3. The molecule has 1 N–H and O–H groups in total. The lowest BCUT2D eigenvalue weighted by Gasteiger charge is -2.16. The molecule has 1 atom stereocenters. The van der Waals surface area contributed by atoms with Gasteiger partial charge in [-0.05, 0) is 49.3 Å². The molecule has 1 aliphatic carbocycles. The number of carboxylic acids is 1. The highest BCUT2D eigenvalue weighted by Crippen LogP contribution is 2.45. The first-order chi connectivity index (χ1) is 16.0. The van der Waals surface area contributed by atoms with Gasteiger partial charge in [0.1, 0.15) is 12.4 Å². The number of hydrogen-bond acceptors (Lipinski definition) is 7. The number of benzene rings is 1. The molecule has 2 heterocycles. The predicted octanol–water partition coefficient (Wildman–Crippen LogP) is 4.94. The number of pyridine rings is 1. The van der Waals surface area contributed by atoms with E-state index in [0.717, 1.165) is 24.6 Å². The third-order valence-corrected chi connectivity index (χ3v) is 5.54. The lowest BCUT2D eigenvalue weighted by molar-refractivity contribution is -0.137. The van der Waals surface area contributed by atoms with Crippen molar-refractivity contribution in [3.05, 3.63) is 53.6 Å². The van der Waals surface area contributed by atoms with Gasteiger partial charge in [0.05, 0.1) is 31.9 Å². The Balaban J connectivity index is 0.00000324. The van der Waals surface area contributed by atoms with Gasteiger partial charge in [-0.1, -0.05) is 17.3 Å². The first-order valence-corrected chi connectivity index (χ1v) is 10.8. The number of aromatic nitrogens is 2. The molecule has 0 unspecified atom stereocenters. The van der Waals surface area contributed by atoms with Crippen molar-refractivity contribution in [2.24, 2.45) is 5.92 Å². The predicted molar refractivity (Wildman–Crippen MR) is 126 cm³/mol. The van der Waals surface area contributed by atoms with Crippen molar-refractivity contribution in [2.45, 2.75) is 38.7 Å². The second kappa shape index (κ2) is 11.2. The van der Waals surface area contributed by atoms with Crippen LogP contribution in [-0.2, 0) is 11.4 Å². The van der Waals surface area contributed by atoms with Gasteiger partial charge in [0, 0.05) is 6.07 Å². The smallest absolute Gasteiger partial charge is 0.303 e. The molecular weight excluding hydrogens is 463 g/mol. The summed E-state index contributed by atoms with van der Waals surface area (Å²) < 4.78 is 36.5. The molecule has 3 aromatic rings. The van der Waals surface area contributed by atoms with E-state index in [1.807, 2.05) is 18.2 Å². The highest BCUT2D eigenvalue weighted by Gasteiger charge is 2.34. The van der Waals surface area contributed by atoms with Gasteiger partial charge in [-0.3, -0.25) is 4.79 Å². The maximum atomic E-state index is 14.4. The minimum Gasteiger partial charge on any atom is -0.488 e. The average molecular weight is 491 g/mol. The van der Waals surface area contributed by atoms with E-state index in [4.69, 9.17) is 18.7 Å². The fraction of sp³-hybridized carbons (Fsp3) is 0.375. The lowest BCUT2D eigenvalue weighted by Crippen LogP contribution is -2.08. The zero-order valence-corrected chi connectivity index (χ0v) is 19.9. The average Bonchev–Trinajstić information content (AvgIpc) is 3.58. The maximum absolute atomic E-state index is 14.4. The summed E-state index contributed by atoms with van der Waals surface area (Å²) in [5.74, 6) is 0.158. The third-order valence-electron chi connectivity index (χ3n) is 5.54. The molecule has 2 aromatic heterocycles. The second-order valence-electron chi connectivity index (χ2n) is 7.83. The summed E-state index contributed by atoms with van der Waals surface area (Å²) in [6.07, 6.45) is 3.22. The van der Waals surface area contributed by atoms with Crippen LogP contribution < -0.4 is 14.2 Å². The summed E-state index contributed by atoms with van der Waals surface area (Å²) in [7, 11) is 1.44. The van der Waals surface area contributed by atoms with Crippen LogP contribution in [0.5, 0.6) is 17.4 Å². The van der Waals surface area contributed by atoms with Crippen LogP contribution in [0.15, 0.2) is 41.1 Å². The van der Waals surface area contributed by atoms with Crippen molar-refractivity contribution in [1.29, 1.82) is 0 Å². The van der Waals surface area contributed by atoms with E-state index in [9.17, 15) is 14.3 Å². The normalized spacial score (nSPS) is 13.6. The summed E-state index contributed by atoms with van der Waals surface area (Å²) in [6, 6.07) is 8.84. The van der Waals surface area contributed by atoms with Crippen LogP contribution in [0.2, 0.25) is 0 Å². The molecule has 4 rings (SSSR count). The number of nitrogens with zero attached hydrogens (tertiary/aromatic N) is 2. The number of rotatable bonds is 11. The molecule has 182 valence electrons. The van der Waals surface area contributed by atoms with Crippen molar-refractivity contribution in [1.82, 2.24) is 10.1 Å². The molecule has 0 aliphatic heterocycles. The van der Waals surface area contributed by atoms with Crippen molar-refractivity contribution in [3.63, 3.8) is 0 Å². The first kappa shape index (κ1) is 25.4. The highest BCUT2D eigenvalue weighted by molar-refractivity contribution is 7.59. The minimum absolute atomic E-state index is 0. The van der Waals surface area contributed by atoms with Crippen molar-refractivity contribution >= 4 is 19.5 Å². The van der Waals surface area contributed by atoms with Gasteiger partial charge in [0.15, 0.2) is 17.3 Å². The Kier molecular flexibility index (Phi) is 8.38. The van der Waals surface area contributed by atoms with Crippen LogP contribution in [0.1, 0.15) is 43.4 Å². The molecule has 0 saturated heterocycles. The monoisotopic (exact) mass is 490 g/mol. The van der Waals surface area contributed by atoms with Crippen LogP contribution in [0, 0.1) is 11.7 Å². The van der Waals surface area contributed by atoms with Crippen LogP contribution in [0.3, 0.4) is 0 Å².